The van der Waals surface area contributed by atoms with E-state index in [0.29, 0.717) is 23.3 Å². The summed E-state index contributed by atoms with van der Waals surface area (Å²) in [6.07, 6.45) is 3.93. The van der Waals surface area contributed by atoms with Crippen LogP contribution in [-0.2, 0) is 0 Å². The second-order valence-electron chi connectivity index (χ2n) is 7.90. The van der Waals surface area contributed by atoms with Crippen LogP contribution in [0.3, 0.4) is 0 Å². The summed E-state index contributed by atoms with van der Waals surface area (Å²) in [6, 6.07) is 7.64. The van der Waals surface area contributed by atoms with Crippen molar-refractivity contribution in [1.82, 2.24) is 0 Å². The van der Waals surface area contributed by atoms with E-state index >= 15 is 0 Å². The zero-order valence-electron chi connectivity index (χ0n) is 14.1. The molecule has 20 heavy (non-hydrogen) atoms. The fraction of sp³-hybridized carbons (Fsp3) is 0.684. The average molecular weight is 273 g/mol. The lowest BCUT2D eigenvalue weighted by Gasteiger charge is -2.22. The summed E-state index contributed by atoms with van der Waals surface area (Å²) in [6.45, 7) is 13.9. The number of nitrogens with one attached hydrogen (secondary N) is 1. The molecule has 1 saturated carbocycles. The Hall–Kier alpha value is -0.980. The summed E-state index contributed by atoms with van der Waals surface area (Å²) < 4.78 is 0. The minimum absolute atomic E-state index is 0.507. The number of hydrogen-bond acceptors (Lipinski definition) is 1. The van der Waals surface area contributed by atoms with Crippen LogP contribution in [0.25, 0.3) is 0 Å². The van der Waals surface area contributed by atoms with Crippen LogP contribution >= 0.6 is 0 Å². The van der Waals surface area contributed by atoms with Gasteiger partial charge < -0.3 is 5.32 Å². The molecular weight excluding hydrogens is 242 g/mol. The summed E-state index contributed by atoms with van der Waals surface area (Å²) in [5, 5.41) is 3.81. The lowest BCUT2D eigenvalue weighted by Crippen LogP contribution is -2.18. The van der Waals surface area contributed by atoms with Crippen molar-refractivity contribution in [2.24, 2.45) is 5.41 Å². The molecular formula is C19H31N. The molecule has 0 spiro atoms. The normalized spacial score (nSPS) is 21.7. The SMILES string of the molecule is CC(C)c1ccc(NC2CCC(C)(C)C2)c(C(C)C)c1. The van der Waals surface area contributed by atoms with Crippen LogP contribution in [0.2, 0.25) is 0 Å². The molecule has 0 aromatic heterocycles. The van der Waals surface area contributed by atoms with E-state index in [2.05, 4.69) is 65.1 Å². The van der Waals surface area contributed by atoms with Gasteiger partial charge in [-0.3, -0.25) is 0 Å². The maximum atomic E-state index is 3.81. The highest BCUT2D eigenvalue weighted by molar-refractivity contribution is 5.55. The van der Waals surface area contributed by atoms with Crippen LogP contribution < -0.4 is 5.32 Å². The monoisotopic (exact) mass is 273 g/mol. The molecule has 1 aromatic rings. The molecule has 0 aliphatic heterocycles. The Balaban J connectivity index is 2.19. The van der Waals surface area contributed by atoms with Crippen LogP contribution in [0.4, 0.5) is 5.69 Å². The van der Waals surface area contributed by atoms with Gasteiger partial charge in [0.2, 0.25) is 0 Å². The van der Waals surface area contributed by atoms with Crippen LogP contribution in [0, 0.1) is 5.41 Å². The maximum Gasteiger partial charge on any atom is 0.0377 e. The highest BCUT2D eigenvalue weighted by Crippen LogP contribution is 2.39. The molecule has 0 heterocycles. The molecule has 1 atom stereocenters. The van der Waals surface area contributed by atoms with Gasteiger partial charge >= 0.3 is 0 Å². The minimum atomic E-state index is 0.507. The lowest BCUT2D eigenvalue weighted by atomic mass is 9.91. The van der Waals surface area contributed by atoms with E-state index in [-0.39, 0.29) is 0 Å². The summed E-state index contributed by atoms with van der Waals surface area (Å²) in [5.74, 6) is 1.18. The van der Waals surface area contributed by atoms with Crippen molar-refractivity contribution in [1.29, 1.82) is 0 Å². The third-order valence-corrected chi connectivity index (χ3v) is 4.69. The minimum Gasteiger partial charge on any atom is -0.382 e. The van der Waals surface area contributed by atoms with Crippen molar-refractivity contribution in [2.75, 3.05) is 5.32 Å². The highest BCUT2D eigenvalue weighted by Gasteiger charge is 2.31. The van der Waals surface area contributed by atoms with E-state index in [1.807, 2.05) is 0 Å². The molecule has 0 saturated heterocycles. The first kappa shape index (κ1) is 15.4. The molecule has 112 valence electrons. The van der Waals surface area contributed by atoms with E-state index in [9.17, 15) is 0 Å². The smallest absolute Gasteiger partial charge is 0.0377 e. The largest absolute Gasteiger partial charge is 0.382 e. The molecule has 1 aromatic carbocycles. The van der Waals surface area contributed by atoms with Gasteiger partial charge in [-0.25, -0.2) is 0 Å². The predicted molar refractivity (Wildman–Crippen MR) is 89.7 cm³/mol. The Morgan fingerprint density at radius 2 is 1.80 bits per heavy atom. The Morgan fingerprint density at radius 1 is 1.10 bits per heavy atom. The summed E-state index contributed by atoms with van der Waals surface area (Å²) in [5.41, 5.74) is 4.78. The second-order valence-corrected chi connectivity index (χ2v) is 7.90. The molecule has 1 nitrogen and oxygen atoms in total. The van der Waals surface area contributed by atoms with E-state index in [4.69, 9.17) is 0 Å². The van der Waals surface area contributed by atoms with Crippen molar-refractivity contribution >= 4 is 5.69 Å². The Morgan fingerprint density at radius 3 is 2.30 bits per heavy atom. The van der Waals surface area contributed by atoms with Gasteiger partial charge in [-0.2, -0.15) is 0 Å². The third-order valence-electron chi connectivity index (χ3n) is 4.69. The summed E-state index contributed by atoms with van der Waals surface area (Å²) >= 11 is 0. The van der Waals surface area contributed by atoms with Gasteiger partial charge in [0.25, 0.3) is 0 Å². The van der Waals surface area contributed by atoms with Gasteiger partial charge in [0, 0.05) is 11.7 Å². The molecule has 1 aliphatic carbocycles. The van der Waals surface area contributed by atoms with E-state index < -0.39 is 0 Å². The van der Waals surface area contributed by atoms with Gasteiger partial charge in [-0.05, 0) is 53.7 Å². The van der Waals surface area contributed by atoms with Crippen molar-refractivity contribution in [2.45, 2.75) is 78.7 Å². The summed E-state index contributed by atoms with van der Waals surface area (Å²) in [4.78, 5) is 0. The quantitative estimate of drug-likeness (QED) is 0.717. The Bertz CT molecular complexity index is 457. The first-order valence-corrected chi connectivity index (χ1v) is 8.19. The number of hydrogen-bond donors (Lipinski definition) is 1. The van der Waals surface area contributed by atoms with Crippen LogP contribution in [0.5, 0.6) is 0 Å². The molecule has 0 radical (unpaired) electrons. The number of rotatable bonds is 4. The van der Waals surface area contributed by atoms with Crippen molar-refractivity contribution < 1.29 is 0 Å². The van der Waals surface area contributed by atoms with Crippen molar-refractivity contribution in [3.05, 3.63) is 29.3 Å². The first-order valence-electron chi connectivity index (χ1n) is 8.19. The van der Waals surface area contributed by atoms with Crippen LogP contribution in [-0.4, -0.2) is 6.04 Å². The third kappa shape index (κ3) is 3.56. The van der Waals surface area contributed by atoms with Gasteiger partial charge in [0.15, 0.2) is 0 Å². The van der Waals surface area contributed by atoms with Crippen LogP contribution in [0.1, 0.15) is 83.8 Å². The van der Waals surface area contributed by atoms with Gasteiger partial charge in [0.05, 0.1) is 0 Å². The predicted octanol–water partition coefficient (Wildman–Crippen LogP) is 5.92. The van der Waals surface area contributed by atoms with Crippen LogP contribution in [0.15, 0.2) is 18.2 Å². The Kier molecular flexibility index (Phi) is 4.46. The van der Waals surface area contributed by atoms with E-state index in [1.165, 1.54) is 36.1 Å². The van der Waals surface area contributed by atoms with E-state index in [0.717, 1.165) is 0 Å². The molecule has 1 unspecified atom stereocenters. The van der Waals surface area contributed by atoms with E-state index in [1.54, 1.807) is 0 Å². The highest BCUT2D eigenvalue weighted by atomic mass is 14.9. The van der Waals surface area contributed by atoms with Gasteiger partial charge in [0.1, 0.15) is 0 Å². The molecule has 0 amide bonds. The van der Waals surface area contributed by atoms with Crippen molar-refractivity contribution in [3.8, 4) is 0 Å². The van der Waals surface area contributed by atoms with Crippen molar-refractivity contribution in [3.63, 3.8) is 0 Å². The molecule has 1 aliphatic rings. The zero-order chi connectivity index (χ0) is 14.9. The topological polar surface area (TPSA) is 12.0 Å². The molecule has 1 N–H and O–H groups in total. The Labute approximate surface area is 125 Å². The molecule has 1 fully saturated rings. The molecule has 1 heteroatoms. The fourth-order valence-electron chi connectivity index (χ4n) is 3.33. The number of anilines is 1. The lowest BCUT2D eigenvalue weighted by molar-refractivity contribution is 0.378. The maximum absolute atomic E-state index is 3.81. The second kappa shape index (κ2) is 5.79. The average Bonchev–Trinajstić information content (AvgIpc) is 2.68. The standard InChI is InChI=1S/C19H31N/c1-13(2)15-7-8-18(17(11-15)14(3)4)20-16-9-10-19(5,6)12-16/h7-8,11,13-14,16,20H,9-10,12H2,1-6H3. The molecule has 0 bridgehead atoms. The summed E-state index contributed by atoms with van der Waals surface area (Å²) in [7, 11) is 0. The number of benzene rings is 1. The fourth-order valence-corrected chi connectivity index (χ4v) is 3.33. The zero-order valence-corrected chi connectivity index (χ0v) is 14.1. The van der Waals surface area contributed by atoms with Gasteiger partial charge in [-0.1, -0.05) is 53.7 Å². The first-order chi connectivity index (χ1) is 9.28. The van der Waals surface area contributed by atoms with Gasteiger partial charge in [-0.15, -0.1) is 0 Å². The molecule has 2 rings (SSSR count).